The molecule has 0 atom stereocenters. The Morgan fingerprint density at radius 3 is 2.54 bits per heavy atom. The van der Waals surface area contributed by atoms with Crippen molar-refractivity contribution in [3.63, 3.8) is 0 Å². The molecule has 3 amide bonds. The number of hydrogen-bond acceptors (Lipinski definition) is 5. The molecule has 3 aliphatic heterocycles. The third-order valence-electron chi connectivity index (χ3n) is 8.20. The minimum Gasteiger partial charge on any atom is -0.336 e. The molecule has 0 spiro atoms. The van der Waals surface area contributed by atoms with Crippen molar-refractivity contribution in [2.45, 2.75) is 58.3 Å². The highest BCUT2D eigenvalue weighted by Crippen LogP contribution is 2.42. The lowest BCUT2D eigenvalue weighted by atomic mass is 9.92. The van der Waals surface area contributed by atoms with E-state index in [2.05, 4.69) is 20.4 Å². The van der Waals surface area contributed by atoms with E-state index in [1.807, 2.05) is 36.6 Å². The van der Waals surface area contributed by atoms with Crippen LogP contribution in [0, 0.1) is 12.8 Å². The van der Waals surface area contributed by atoms with E-state index in [0.717, 1.165) is 30.4 Å². The molecule has 0 aliphatic carbocycles. The molecule has 0 bridgehead atoms. The van der Waals surface area contributed by atoms with Crippen LogP contribution in [0.1, 0.15) is 66.6 Å². The lowest BCUT2D eigenvalue weighted by Crippen LogP contribution is -2.43. The van der Waals surface area contributed by atoms with Crippen LogP contribution in [0.3, 0.4) is 0 Å². The lowest BCUT2D eigenvalue weighted by molar-refractivity contribution is 0.102. The van der Waals surface area contributed by atoms with E-state index in [0.29, 0.717) is 29.2 Å². The molecule has 2 aromatic rings. The Hall–Kier alpha value is -2.42. The minimum absolute atomic E-state index is 0.170. The molecule has 3 aliphatic rings. The summed E-state index contributed by atoms with van der Waals surface area (Å²) in [4.78, 5) is 34.0. The molecule has 37 heavy (non-hydrogen) atoms. The van der Waals surface area contributed by atoms with Gasteiger partial charge in [0.1, 0.15) is 0 Å². The second kappa shape index (κ2) is 12.4. The van der Waals surface area contributed by atoms with E-state index < -0.39 is 0 Å². The molecule has 2 N–H and O–H groups in total. The van der Waals surface area contributed by atoms with Crippen LogP contribution in [-0.2, 0) is 0 Å². The summed E-state index contributed by atoms with van der Waals surface area (Å²) in [5, 5.41) is 7.93. The van der Waals surface area contributed by atoms with Crippen molar-refractivity contribution in [3.8, 4) is 0 Å². The Labute approximate surface area is 225 Å². The highest BCUT2D eigenvalue weighted by Gasteiger charge is 2.32. The van der Waals surface area contributed by atoms with E-state index in [-0.39, 0.29) is 11.9 Å². The number of benzene rings is 1. The molecule has 2 fully saturated rings. The largest absolute Gasteiger partial charge is 0.336 e. The van der Waals surface area contributed by atoms with Crippen molar-refractivity contribution in [1.82, 2.24) is 15.1 Å². The maximum atomic E-state index is 13.5. The van der Waals surface area contributed by atoms with E-state index in [4.69, 9.17) is 0 Å². The van der Waals surface area contributed by atoms with Crippen LogP contribution in [0.5, 0.6) is 0 Å². The van der Waals surface area contributed by atoms with Gasteiger partial charge < -0.3 is 20.4 Å². The number of rotatable bonds is 7. The number of thiophene rings is 1. The van der Waals surface area contributed by atoms with Crippen LogP contribution < -0.4 is 15.5 Å². The van der Waals surface area contributed by atoms with Gasteiger partial charge in [-0.1, -0.05) is 25.0 Å². The first-order chi connectivity index (χ1) is 18.1. The Kier molecular flexibility index (Phi) is 8.79. The minimum atomic E-state index is -0.185. The van der Waals surface area contributed by atoms with Crippen molar-refractivity contribution in [3.05, 3.63) is 40.1 Å². The van der Waals surface area contributed by atoms with Gasteiger partial charge in [-0.3, -0.25) is 9.69 Å². The number of urea groups is 1. The number of likely N-dealkylation sites (tertiary alicyclic amines) is 2. The van der Waals surface area contributed by atoms with Gasteiger partial charge in [0.25, 0.3) is 5.91 Å². The van der Waals surface area contributed by atoms with Crippen molar-refractivity contribution in [1.29, 1.82) is 0 Å². The number of anilines is 3. The van der Waals surface area contributed by atoms with Gasteiger partial charge >= 0.3 is 6.03 Å². The van der Waals surface area contributed by atoms with Crippen LogP contribution in [0.15, 0.2) is 29.6 Å². The van der Waals surface area contributed by atoms with Crippen LogP contribution in [-0.4, -0.2) is 67.6 Å². The number of nitrogens with zero attached hydrogens (tertiary/aromatic N) is 3. The molecule has 5 rings (SSSR count). The van der Waals surface area contributed by atoms with Crippen molar-refractivity contribution in [2.24, 2.45) is 5.92 Å². The first kappa shape index (κ1) is 26.2. The number of amides is 3. The van der Waals surface area contributed by atoms with E-state index in [9.17, 15) is 9.59 Å². The molecule has 0 unspecified atom stereocenters. The summed E-state index contributed by atoms with van der Waals surface area (Å²) in [5.41, 5.74) is 2.59. The van der Waals surface area contributed by atoms with E-state index in [1.54, 1.807) is 4.90 Å². The average Bonchev–Trinajstić information content (AvgIpc) is 3.06. The quantitative estimate of drug-likeness (QED) is 0.479. The van der Waals surface area contributed by atoms with Crippen LogP contribution >= 0.6 is 11.3 Å². The molecule has 2 saturated heterocycles. The first-order valence-electron chi connectivity index (χ1n) is 14.1. The number of hydrogen-bond donors (Lipinski definition) is 2. The Bertz CT molecular complexity index is 1070. The Morgan fingerprint density at radius 2 is 1.76 bits per heavy atom. The van der Waals surface area contributed by atoms with Crippen LogP contribution in [0.25, 0.3) is 0 Å². The summed E-state index contributed by atoms with van der Waals surface area (Å²) in [7, 11) is 0. The maximum absolute atomic E-state index is 13.5. The fraction of sp³-hybridized carbons (Fsp3) is 0.586. The van der Waals surface area contributed by atoms with Gasteiger partial charge in [-0.2, -0.15) is 0 Å². The van der Waals surface area contributed by atoms with E-state index >= 15 is 0 Å². The lowest BCUT2D eigenvalue weighted by Gasteiger charge is -2.32. The molecule has 7 nitrogen and oxygen atoms in total. The predicted molar refractivity (Wildman–Crippen MR) is 152 cm³/mol. The number of aryl methyl sites for hydroxylation is 1. The fourth-order valence-corrected chi connectivity index (χ4v) is 6.87. The SMILES string of the molecule is Cc1scc2c1N(C(=O)NCCN1CCC(CCCN3CCCCCC3)CC1)c1ccccc1NC2=O. The molecule has 0 radical (unpaired) electrons. The number of piperidine rings is 1. The maximum Gasteiger partial charge on any atom is 0.326 e. The number of carbonyl (C=O) groups is 2. The second-order valence-corrected chi connectivity index (χ2v) is 11.9. The summed E-state index contributed by atoms with van der Waals surface area (Å²) in [5.74, 6) is 0.674. The monoisotopic (exact) mass is 523 g/mol. The zero-order valence-corrected chi connectivity index (χ0v) is 23.0. The number of carbonyl (C=O) groups excluding carboxylic acids is 2. The summed E-state index contributed by atoms with van der Waals surface area (Å²) in [6, 6.07) is 7.32. The number of nitrogens with one attached hydrogen (secondary N) is 2. The summed E-state index contributed by atoms with van der Waals surface area (Å²) >= 11 is 1.50. The standard InChI is InChI=1S/C29H41N5O2S/c1-22-27-24(21-37-22)28(35)31-25-10-4-5-11-26(25)34(27)29(36)30-14-20-33-18-12-23(13-19-33)9-8-17-32-15-6-2-3-7-16-32/h4-5,10-11,21,23H,2-3,6-9,12-20H2,1H3,(H,30,36)(H,31,35). The van der Waals surface area contributed by atoms with Crippen LogP contribution in [0.4, 0.5) is 21.9 Å². The molecular weight excluding hydrogens is 482 g/mol. The van der Waals surface area contributed by atoms with Crippen LogP contribution in [0.2, 0.25) is 0 Å². The van der Waals surface area contributed by atoms with E-state index in [1.165, 1.54) is 82.3 Å². The normalized spacial score (nSPS) is 19.5. The molecule has 8 heteroatoms. The van der Waals surface area contributed by atoms with Gasteiger partial charge in [-0.25, -0.2) is 4.79 Å². The molecule has 1 aromatic heterocycles. The average molecular weight is 524 g/mol. The number of para-hydroxylation sites is 2. The van der Waals surface area contributed by atoms with Crippen molar-refractivity contribution in [2.75, 3.05) is 56.0 Å². The van der Waals surface area contributed by atoms with Gasteiger partial charge in [-0.05, 0) is 96.2 Å². The van der Waals surface area contributed by atoms with Gasteiger partial charge in [-0.15, -0.1) is 11.3 Å². The van der Waals surface area contributed by atoms with Gasteiger partial charge in [0.2, 0.25) is 0 Å². The van der Waals surface area contributed by atoms with Crippen molar-refractivity contribution >= 4 is 40.3 Å². The summed E-state index contributed by atoms with van der Waals surface area (Å²) in [6.45, 7) is 9.51. The topological polar surface area (TPSA) is 67.9 Å². The van der Waals surface area contributed by atoms with Gasteiger partial charge in [0.15, 0.2) is 0 Å². The molecule has 4 heterocycles. The number of fused-ring (bicyclic) bond motifs is 2. The Balaban J connectivity index is 1.09. The smallest absolute Gasteiger partial charge is 0.326 e. The molecular formula is C29H41N5O2S. The molecule has 1 aromatic carbocycles. The summed E-state index contributed by atoms with van der Waals surface area (Å²) < 4.78 is 0. The molecule has 0 saturated carbocycles. The highest BCUT2D eigenvalue weighted by atomic mass is 32.1. The zero-order valence-electron chi connectivity index (χ0n) is 22.1. The fourth-order valence-electron chi connectivity index (χ4n) is 6.04. The zero-order chi connectivity index (χ0) is 25.6. The highest BCUT2D eigenvalue weighted by molar-refractivity contribution is 7.11. The Morgan fingerprint density at radius 1 is 1.03 bits per heavy atom. The first-order valence-corrected chi connectivity index (χ1v) is 15.0. The molecule has 200 valence electrons. The predicted octanol–water partition coefficient (Wildman–Crippen LogP) is 5.84. The van der Waals surface area contributed by atoms with Gasteiger partial charge in [0.05, 0.1) is 22.6 Å². The third kappa shape index (κ3) is 6.36. The second-order valence-electron chi connectivity index (χ2n) is 10.8. The van der Waals surface area contributed by atoms with Crippen molar-refractivity contribution < 1.29 is 9.59 Å². The summed E-state index contributed by atoms with van der Waals surface area (Å²) in [6.07, 6.45) is 10.8. The third-order valence-corrected chi connectivity index (χ3v) is 9.10. The van der Waals surface area contributed by atoms with Gasteiger partial charge in [0, 0.05) is 23.3 Å².